The van der Waals surface area contributed by atoms with Crippen LogP contribution in [0.1, 0.15) is 21.6 Å². The Morgan fingerprint density at radius 3 is 2.93 bits per heavy atom. The number of hydrogen-bond acceptors (Lipinski definition) is 7. The normalized spacial score (nSPS) is 13.8. The van der Waals surface area contributed by atoms with E-state index >= 15 is 0 Å². The first-order valence-electron chi connectivity index (χ1n) is 8.88. The number of ether oxygens (including phenoxy) is 1. The molecule has 0 unspecified atom stereocenters. The monoisotopic (exact) mass is 417 g/mol. The van der Waals surface area contributed by atoms with Gasteiger partial charge in [-0.3, -0.25) is 4.79 Å². The number of morpholine rings is 1. The van der Waals surface area contributed by atoms with Crippen molar-refractivity contribution in [2.24, 2.45) is 0 Å². The summed E-state index contributed by atoms with van der Waals surface area (Å²) in [4.78, 5) is 23.0. The van der Waals surface area contributed by atoms with Gasteiger partial charge >= 0.3 is 0 Å². The maximum atomic E-state index is 12.5. The number of benzene rings is 1. The van der Waals surface area contributed by atoms with Gasteiger partial charge in [-0.2, -0.15) is 17.0 Å². The molecule has 3 rings (SSSR count). The molecule has 28 heavy (non-hydrogen) atoms. The maximum Gasteiger partial charge on any atom is 0.271 e. The summed E-state index contributed by atoms with van der Waals surface area (Å²) in [6, 6.07) is 9.71. The predicted molar refractivity (Wildman–Crippen MR) is 110 cm³/mol. The Morgan fingerprint density at radius 2 is 2.14 bits per heavy atom. The van der Waals surface area contributed by atoms with Gasteiger partial charge in [-0.1, -0.05) is 29.8 Å². The number of aromatic nitrogens is 2. The second-order valence-corrected chi connectivity index (χ2v) is 7.56. The summed E-state index contributed by atoms with van der Waals surface area (Å²) in [7, 11) is 0. The van der Waals surface area contributed by atoms with Crippen LogP contribution in [0.3, 0.4) is 0 Å². The molecule has 0 spiro atoms. The zero-order valence-electron chi connectivity index (χ0n) is 15.2. The lowest BCUT2D eigenvalue weighted by Gasteiger charge is -2.26. The molecular weight excluding hydrogens is 398 g/mol. The van der Waals surface area contributed by atoms with Crippen LogP contribution >= 0.6 is 23.4 Å². The number of nitrogens with zero attached hydrogens (tertiary/aromatic N) is 4. The van der Waals surface area contributed by atoms with E-state index in [1.54, 1.807) is 17.8 Å². The minimum absolute atomic E-state index is 0.179. The van der Waals surface area contributed by atoms with Gasteiger partial charge in [0.05, 0.1) is 36.1 Å². The van der Waals surface area contributed by atoms with E-state index in [-0.39, 0.29) is 16.6 Å². The lowest BCUT2D eigenvalue weighted by Crippen LogP contribution is -2.38. The lowest BCUT2D eigenvalue weighted by molar-refractivity contribution is 0.0951. The Balaban J connectivity index is 1.50. The number of anilines is 1. The van der Waals surface area contributed by atoms with Crippen molar-refractivity contribution in [1.82, 2.24) is 15.3 Å². The molecule has 1 amide bonds. The van der Waals surface area contributed by atoms with E-state index in [0.717, 1.165) is 11.3 Å². The first kappa shape index (κ1) is 20.4. The number of carbonyl (C=O) groups excluding carboxylic acids is 1. The van der Waals surface area contributed by atoms with Gasteiger partial charge in [-0.25, -0.2) is 9.97 Å². The quantitative estimate of drug-likeness (QED) is 0.692. The Kier molecular flexibility index (Phi) is 7.48. The van der Waals surface area contributed by atoms with Crippen LogP contribution in [-0.2, 0) is 10.5 Å². The van der Waals surface area contributed by atoms with Crippen molar-refractivity contribution in [2.75, 3.05) is 43.5 Å². The molecule has 2 heterocycles. The Morgan fingerprint density at radius 1 is 1.36 bits per heavy atom. The maximum absolute atomic E-state index is 12.5. The van der Waals surface area contributed by atoms with Crippen LogP contribution in [0.5, 0.6) is 0 Å². The summed E-state index contributed by atoms with van der Waals surface area (Å²) in [5.41, 5.74) is 1.86. The van der Waals surface area contributed by atoms with Crippen LogP contribution in [0.2, 0.25) is 5.02 Å². The predicted octanol–water partition coefficient (Wildman–Crippen LogP) is 2.50. The van der Waals surface area contributed by atoms with Gasteiger partial charge < -0.3 is 15.0 Å². The fraction of sp³-hybridized carbons (Fsp3) is 0.368. The summed E-state index contributed by atoms with van der Waals surface area (Å²) >= 11 is 7.77. The molecule has 1 aromatic heterocycles. The smallest absolute Gasteiger partial charge is 0.271 e. The fourth-order valence-electron chi connectivity index (χ4n) is 2.69. The molecule has 0 aliphatic carbocycles. The second kappa shape index (κ2) is 10.3. The average Bonchev–Trinajstić information content (AvgIpc) is 2.74. The van der Waals surface area contributed by atoms with Crippen molar-refractivity contribution in [2.45, 2.75) is 5.75 Å². The Bertz CT molecular complexity index is 868. The SMILES string of the molecule is N#Cc1ccccc1CSCCNC(=O)c1nc(N2CCOCC2)ncc1Cl. The van der Waals surface area contributed by atoms with Crippen LogP contribution < -0.4 is 10.2 Å². The molecule has 7 nitrogen and oxygen atoms in total. The third-order valence-electron chi connectivity index (χ3n) is 4.17. The summed E-state index contributed by atoms with van der Waals surface area (Å²) in [5.74, 6) is 1.60. The molecule has 0 atom stereocenters. The summed E-state index contributed by atoms with van der Waals surface area (Å²) in [6.07, 6.45) is 1.46. The summed E-state index contributed by atoms with van der Waals surface area (Å²) in [6.45, 7) is 3.07. The molecule has 1 saturated heterocycles. The Hall–Kier alpha value is -2.34. The fourth-order valence-corrected chi connectivity index (χ4v) is 3.73. The van der Waals surface area contributed by atoms with Gasteiger partial charge in [0, 0.05) is 31.1 Å². The van der Waals surface area contributed by atoms with Crippen molar-refractivity contribution in [3.63, 3.8) is 0 Å². The average molecular weight is 418 g/mol. The largest absolute Gasteiger partial charge is 0.378 e. The van der Waals surface area contributed by atoms with E-state index in [0.29, 0.717) is 50.1 Å². The molecule has 146 valence electrons. The van der Waals surface area contributed by atoms with E-state index in [1.165, 1.54) is 6.20 Å². The topological polar surface area (TPSA) is 91.1 Å². The number of rotatable bonds is 7. The Labute approximate surface area is 173 Å². The van der Waals surface area contributed by atoms with Gasteiger partial charge in [0.25, 0.3) is 5.91 Å². The molecule has 1 aromatic carbocycles. The number of carbonyl (C=O) groups is 1. The first-order valence-corrected chi connectivity index (χ1v) is 10.4. The highest BCUT2D eigenvalue weighted by atomic mass is 35.5. The molecule has 1 aliphatic heterocycles. The number of amides is 1. The molecule has 2 aromatic rings. The number of nitriles is 1. The zero-order valence-corrected chi connectivity index (χ0v) is 16.8. The highest BCUT2D eigenvalue weighted by Crippen LogP contribution is 2.18. The second-order valence-electron chi connectivity index (χ2n) is 6.04. The molecule has 1 N–H and O–H groups in total. The molecule has 1 fully saturated rings. The van der Waals surface area contributed by atoms with Crippen LogP contribution in [0.15, 0.2) is 30.5 Å². The van der Waals surface area contributed by atoms with Crippen molar-refractivity contribution in [3.05, 3.63) is 52.3 Å². The van der Waals surface area contributed by atoms with Crippen molar-refractivity contribution in [3.8, 4) is 6.07 Å². The third kappa shape index (κ3) is 5.35. The van der Waals surface area contributed by atoms with Gasteiger partial charge in [-0.15, -0.1) is 0 Å². The zero-order chi connectivity index (χ0) is 19.8. The molecule has 0 saturated carbocycles. The number of hydrogen-bond donors (Lipinski definition) is 1. The number of nitrogens with one attached hydrogen (secondary N) is 1. The van der Waals surface area contributed by atoms with Crippen LogP contribution in [0.25, 0.3) is 0 Å². The highest BCUT2D eigenvalue weighted by molar-refractivity contribution is 7.98. The molecule has 0 radical (unpaired) electrons. The summed E-state index contributed by atoms with van der Waals surface area (Å²) in [5, 5.41) is 12.2. The van der Waals surface area contributed by atoms with E-state index in [2.05, 4.69) is 21.4 Å². The molecule has 0 bridgehead atoms. The van der Waals surface area contributed by atoms with E-state index in [1.807, 2.05) is 23.1 Å². The first-order chi connectivity index (χ1) is 13.7. The van der Waals surface area contributed by atoms with Crippen LogP contribution in [-0.4, -0.2) is 54.5 Å². The van der Waals surface area contributed by atoms with Crippen LogP contribution in [0.4, 0.5) is 5.95 Å². The number of thioether (sulfide) groups is 1. The molecular formula is C19H20ClN5O2S. The molecule has 1 aliphatic rings. The highest BCUT2D eigenvalue weighted by Gasteiger charge is 2.18. The number of halogens is 1. The van der Waals surface area contributed by atoms with Gasteiger partial charge in [-0.05, 0) is 11.6 Å². The van der Waals surface area contributed by atoms with Gasteiger partial charge in [0.15, 0.2) is 5.69 Å². The van der Waals surface area contributed by atoms with Gasteiger partial charge in [0.2, 0.25) is 5.95 Å². The van der Waals surface area contributed by atoms with Crippen molar-refractivity contribution < 1.29 is 9.53 Å². The minimum Gasteiger partial charge on any atom is -0.378 e. The van der Waals surface area contributed by atoms with E-state index < -0.39 is 0 Å². The summed E-state index contributed by atoms with van der Waals surface area (Å²) < 4.78 is 5.32. The van der Waals surface area contributed by atoms with Crippen LogP contribution in [0, 0.1) is 11.3 Å². The molecule has 9 heteroatoms. The van der Waals surface area contributed by atoms with E-state index in [4.69, 9.17) is 21.6 Å². The van der Waals surface area contributed by atoms with Crippen molar-refractivity contribution >= 4 is 35.2 Å². The van der Waals surface area contributed by atoms with E-state index in [9.17, 15) is 4.79 Å². The lowest BCUT2D eigenvalue weighted by atomic mass is 10.1. The minimum atomic E-state index is -0.320. The van der Waals surface area contributed by atoms with Gasteiger partial charge in [0.1, 0.15) is 0 Å². The van der Waals surface area contributed by atoms with Crippen molar-refractivity contribution in [1.29, 1.82) is 5.26 Å². The third-order valence-corrected chi connectivity index (χ3v) is 5.45. The standard InChI is InChI=1S/C19H20ClN5O2S/c20-16-12-23-19(25-6-8-27-9-7-25)24-17(16)18(26)22-5-10-28-13-15-4-2-1-3-14(15)11-21/h1-4,12H,5-10,13H2,(H,22,26).